The number of anilines is 2. The van der Waals surface area contributed by atoms with E-state index in [1.165, 1.54) is 7.11 Å². The zero-order valence-corrected chi connectivity index (χ0v) is 9.74. The zero-order chi connectivity index (χ0) is 12.7. The third-order valence-corrected chi connectivity index (χ3v) is 1.94. The Morgan fingerprint density at radius 1 is 1.12 bits per heavy atom. The van der Waals surface area contributed by atoms with Crippen LogP contribution in [0.3, 0.4) is 0 Å². The number of likely N-dealkylation sites (N-methyl/N-ethyl adjacent to an activating group) is 1. The maximum atomic E-state index is 11.3. The second-order valence-corrected chi connectivity index (χ2v) is 3.27. The lowest BCUT2D eigenvalue weighted by atomic mass is 10.3. The van der Waals surface area contributed by atoms with E-state index >= 15 is 0 Å². The number of carbonyl (C=O) groups is 2. The molecular weight excluding hydrogens is 222 g/mol. The van der Waals surface area contributed by atoms with Crippen LogP contribution in [0.25, 0.3) is 0 Å². The van der Waals surface area contributed by atoms with Crippen molar-refractivity contribution in [1.82, 2.24) is 5.32 Å². The van der Waals surface area contributed by atoms with E-state index in [9.17, 15) is 9.59 Å². The first kappa shape index (κ1) is 13.0. The minimum atomic E-state index is -0.531. The molecule has 0 spiro atoms. The van der Waals surface area contributed by atoms with Crippen molar-refractivity contribution in [3.63, 3.8) is 0 Å². The summed E-state index contributed by atoms with van der Waals surface area (Å²) in [6, 6.07) is 6.73. The van der Waals surface area contributed by atoms with Gasteiger partial charge in [0.2, 0.25) is 5.91 Å². The number of rotatable bonds is 4. The maximum absolute atomic E-state index is 11.3. The molecular formula is C11H15N3O3. The van der Waals surface area contributed by atoms with Gasteiger partial charge in [-0.3, -0.25) is 10.1 Å². The van der Waals surface area contributed by atoms with Crippen LogP contribution in [0.1, 0.15) is 0 Å². The molecule has 6 heteroatoms. The monoisotopic (exact) mass is 237 g/mol. The van der Waals surface area contributed by atoms with E-state index in [0.717, 1.165) is 0 Å². The van der Waals surface area contributed by atoms with Gasteiger partial charge in [0.25, 0.3) is 0 Å². The van der Waals surface area contributed by atoms with Gasteiger partial charge in [0.05, 0.1) is 13.7 Å². The summed E-state index contributed by atoms with van der Waals surface area (Å²) in [4.78, 5) is 22.2. The lowest BCUT2D eigenvalue weighted by molar-refractivity contribution is -0.115. The lowest BCUT2D eigenvalue weighted by Gasteiger charge is -2.06. The van der Waals surface area contributed by atoms with Crippen LogP contribution >= 0.6 is 0 Å². The highest BCUT2D eigenvalue weighted by atomic mass is 16.5. The van der Waals surface area contributed by atoms with Crippen LogP contribution in [0.4, 0.5) is 16.2 Å². The molecule has 0 bridgehead atoms. The number of amides is 2. The average Bonchev–Trinajstić information content (AvgIpc) is 2.32. The third-order valence-electron chi connectivity index (χ3n) is 1.94. The first-order chi connectivity index (χ1) is 8.15. The molecule has 1 aromatic carbocycles. The SMILES string of the molecule is CNCC(=O)Nc1ccc(NC(=O)OC)cc1. The summed E-state index contributed by atoms with van der Waals surface area (Å²) in [6.45, 7) is 0.252. The van der Waals surface area contributed by atoms with Gasteiger partial charge >= 0.3 is 6.09 Å². The summed E-state index contributed by atoms with van der Waals surface area (Å²) in [6.07, 6.45) is -0.531. The number of methoxy groups -OCH3 is 1. The molecule has 0 aliphatic rings. The summed E-state index contributed by atoms with van der Waals surface area (Å²) < 4.78 is 4.45. The van der Waals surface area contributed by atoms with Crippen molar-refractivity contribution in [2.75, 3.05) is 31.3 Å². The predicted molar refractivity (Wildman–Crippen MR) is 65.0 cm³/mol. The molecule has 0 unspecified atom stereocenters. The second-order valence-electron chi connectivity index (χ2n) is 3.27. The number of hydrogen-bond donors (Lipinski definition) is 3. The van der Waals surface area contributed by atoms with Crippen LogP contribution in [0.2, 0.25) is 0 Å². The fourth-order valence-electron chi connectivity index (χ4n) is 1.17. The smallest absolute Gasteiger partial charge is 0.411 e. The molecule has 0 aliphatic heterocycles. The van der Waals surface area contributed by atoms with E-state index in [1.807, 2.05) is 0 Å². The molecule has 1 aromatic rings. The Morgan fingerprint density at radius 3 is 2.12 bits per heavy atom. The van der Waals surface area contributed by atoms with Gasteiger partial charge < -0.3 is 15.4 Å². The van der Waals surface area contributed by atoms with E-state index < -0.39 is 6.09 Å². The van der Waals surface area contributed by atoms with Gasteiger partial charge in [0.1, 0.15) is 0 Å². The van der Waals surface area contributed by atoms with Gasteiger partial charge in [0.15, 0.2) is 0 Å². The summed E-state index contributed by atoms with van der Waals surface area (Å²) in [5, 5.41) is 7.95. The number of carbonyl (C=O) groups excluding carboxylic acids is 2. The standard InChI is InChI=1S/C11H15N3O3/c1-12-7-10(15)13-8-3-5-9(6-4-8)14-11(16)17-2/h3-6,12H,7H2,1-2H3,(H,13,15)(H,14,16). The molecule has 0 atom stereocenters. The Bertz CT molecular complexity index is 389. The Balaban J connectivity index is 2.55. The number of hydrogen-bond acceptors (Lipinski definition) is 4. The minimum Gasteiger partial charge on any atom is -0.453 e. The van der Waals surface area contributed by atoms with E-state index in [4.69, 9.17) is 0 Å². The zero-order valence-electron chi connectivity index (χ0n) is 9.74. The topological polar surface area (TPSA) is 79.5 Å². The molecule has 0 saturated carbocycles. The molecule has 2 amide bonds. The van der Waals surface area contributed by atoms with Gasteiger partial charge in [-0.15, -0.1) is 0 Å². The van der Waals surface area contributed by atoms with E-state index in [1.54, 1.807) is 31.3 Å². The molecule has 92 valence electrons. The van der Waals surface area contributed by atoms with Crippen LogP contribution < -0.4 is 16.0 Å². The van der Waals surface area contributed by atoms with Gasteiger partial charge in [-0.1, -0.05) is 0 Å². The molecule has 0 aromatic heterocycles. The number of benzene rings is 1. The molecule has 0 fully saturated rings. The van der Waals surface area contributed by atoms with E-state index in [0.29, 0.717) is 11.4 Å². The normalized spacial score (nSPS) is 9.53. The van der Waals surface area contributed by atoms with Gasteiger partial charge in [-0.2, -0.15) is 0 Å². The molecule has 0 heterocycles. The Kier molecular flexibility index (Phi) is 4.96. The maximum Gasteiger partial charge on any atom is 0.411 e. The van der Waals surface area contributed by atoms with Crippen molar-refractivity contribution in [3.05, 3.63) is 24.3 Å². The van der Waals surface area contributed by atoms with Crippen molar-refractivity contribution in [3.8, 4) is 0 Å². The average molecular weight is 237 g/mol. The minimum absolute atomic E-state index is 0.124. The predicted octanol–water partition coefficient (Wildman–Crippen LogP) is 1.02. The Labute approximate surface area is 99.3 Å². The van der Waals surface area contributed by atoms with Crippen molar-refractivity contribution >= 4 is 23.4 Å². The van der Waals surface area contributed by atoms with Crippen molar-refractivity contribution in [2.45, 2.75) is 0 Å². The van der Waals surface area contributed by atoms with E-state index in [-0.39, 0.29) is 12.5 Å². The molecule has 0 radical (unpaired) electrons. The molecule has 0 saturated heterocycles. The number of nitrogens with one attached hydrogen (secondary N) is 3. The van der Waals surface area contributed by atoms with Crippen LogP contribution in [-0.2, 0) is 9.53 Å². The molecule has 17 heavy (non-hydrogen) atoms. The van der Waals surface area contributed by atoms with Gasteiger partial charge in [-0.05, 0) is 31.3 Å². The van der Waals surface area contributed by atoms with Crippen LogP contribution in [0, 0.1) is 0 Å². The number of ether oxygens (including phenoxy) is 1. The fraction of sp³-hybridized carbons (Fsp3) is 0.273. The van der Waals surface area contributed by atoms with Gasteiger partial charge in [-0.25, -0.2) is 4.79 Å². The highest BCUT2D eigenvalue weighted by Gasteiger charge is 2.02. The van der Waals surface area contributed by atoms with Crippen LogP contribution in [0.5, 0.6) is 0 Å². The summed E-state index contributed by atoms with van der Waals surface area (Å²) >= 11 is 0. The van der Waals surface area contributed by atoms with Crippen LogP contribution in [0.15, 0.2) is 24.3 Å². The Morgan fingerprint density at radius 2 is 1.65 bits per heavy atom. The van der Waals surface area contributed by atoms with Crippen molar-refractivity contribution < 1.29 is 14.3 Å². The summed E-state index contributed by atoms with van der Waals surface area (Å²) in [5.74, 6) is -0.124. The largest absolute Gasteiger partial charge is 0.453 e. The Hall–Kier alpha value is -2.08. The highest BCUT2D eigenvalue weighted by molar-refractivity contribution is 5.92. The lowest BCUT2D eigenvalue weighted by Crippen LogP contribution is -2.25. The van der Waals surface area contributed by atoms with Crippen molar-refractivity contribution in [2.24, 2.45) is 0 Å². The first-order valence-electron chi connectivity index (χ1n) is 5.05. The van der Waals surface area contributed by atoms with Crippen LogP contribution in [-0.4, -0.2) is 32.7 Å². The van der Waals surface area contributed by atoms with E-state index in [2.05, 4.69) is 20.7 Å². The highest BCUT2D eigenvalue weighted by Crippen LogP contribution is 2.13. The third kappa shape index (κ3) is 4.52. The quantitative estimate of drug-likeness (QED) is 0.730. The second kappa shape index (κ2) is 6.49. The van der Waals surface area contributed by atoms with Gasteiger partial charge in [0, 0.05) is 11.4 Å². The summed E-state index contributed by atoms with van der Waals surface area (Å²) in [5.41, 5.74) is 1.27. The molecule has 6 nitrogen and oxygen atoms in total. The molecule has 3 N–H and O–H groups in total. The summed E-state index contributed by atoms with van der Waals surface area (Å²) in [7, 11) is 2.99. The van der Waals surface area contributed by atoms with Crippen molar-refractivity contribution in [1.29, 1.82) is 0 Å². The fourth-order valence-corrected chi connectivity index (χ4v) is 1.17. The molecule has 1 rings (SSSR count). The first-order valence-corrected chi connectivity index (χ1v) is 5.05. The molecule has 0 aliphatic carbocycles.